The Balaban J connectivity index is 1.95. The molecule has 1 aromatic heterocycles. The minimum atomic E-state index is -0.182. The standard InChI is InChI=1S/C16H19N3O3/c17-9-5-1-2-8-15(20)19-18-10-12-11-22-14-7-4-3-6-13(14)16(12)21/h3-4,6-7,10-11H,1-2,5,8-9,17H2,(H,19,20)/b18-10-. The van der Waals surface area contributed by atoms with Gasteiger partial charge in [-0.25, -0.2) is 5.43 Å². The van der Waals surface area contributed by atoms with Gasteiger partial charge in [0.05, 0.1) is 17.2 Å². The van der Waals surface area contributed by atoms with Crippen LogP contribution >= 0.6 is 0 Å². The number of carbonyl (C=O) groups excluding carboxylic acids is 1. The highest BCUT2D eigenvalue weighted by Crippen LogP contribution is 2.09. The van der Waals surface area contributed by atoms with Gasteiger partial charge in [-0.05, 0) is 31.5 Å². The number of nitrogens with two attached hydrogens (primary N) is 1. The molecule has 3 N–H and O–H groups in total. The molecule has 22 heavy (non-hydrogen) atoms. The van der Waals surface area contributed by atoms with Gasteiger partial charge in [0, 0.05) is 6.42 Å². The summed E-state index contributed by atoms with van der Waals surface area (Å²) in [6, 6.07) is 6.97. The quantitative estimate of drug-likeness (QED) is 0.462. The number of nitrogens with zero attached hydrogens (tertiary/aromatic N) is 1. The van der Waals surface area contributed by atoms with Gasteiger partial charge < -0.3 is 10.2 Å². The van der Waals surface area contributed by atoms with Crippen molar-refractivity contribution in [1.29, 1.82) is 0 Å². The van der Waals surface area contributed by atoms with E-state index in [0.29, 0.717) is 29.5 Å². The Labute approximate surface area is 128 Å². The Morgan fingerprint density at radius 3 is 2.91 bits per heavy atom. The third-order valence-electron chi connectivity index (χ3n) is 3.21. The lowest BCUT2D eigenvalue weighted by atomic mass is 10.2. The first-order valence-corrected chi connectivity index (χ1v) is 7.25. The second-order valence-electron chi connectivity index (χ2n) is 4.91. The summed E-state index contributed by atoms with van der Waals surface area (Å²) in [5, 5.41) is 4.28. The first-order chi connectivity index (χ1) is 10.7. The molecule has 6 nitrogen and oxygen atoms in total. The molecule has 2 aromatic rings. The molecule has 116 valence electrons. The SMILES string of the molecule is NCCCCCC(=O)N/N=C\c1coc2ccccc2c1=O. The predicted molar refractivity (Wildman–Crippen MR) is 85.7 cm³/mol. The fourth-order valence-corrected chi connectivity index (χ4v) is 2.02. The van der Waals surface area contributed by atoms with Crippen molar-refractivity contribution in [1.82, 2.24) is 5.43 Å². The van der Waals surface area contributed by atoms with Crippen molar-refractivity contribution in [3.8, 4) is 0 Å². The molecular weight excluding hydrogens is 282 g/mol. The van der Waals surface area contributed by atoms with Crippen molar-refractivity contribution in [2.75, 3.05) is 6.54 Å². The van der Waals surface area contributed by atoms with Gasteiger partial charge in [-0.3, -0.25) is 9.59 Å². The van der Waals surface area contributed by atoms with E-state index < -0.39 is 0 Å². The Bertz CT molecular complexity index is 722. The lowest BCUT2D eigenvalue weighted by molar-refractivity contribution is -0.121. The summed E-state index contributed by atoms with van der Waals surface area (Å²) in [5.74, 6) is -0.182. The Kier molecular flexibility index (Phi) is 5.85. The topological polar surface area (TPSA) is 97.7 Å². The van der Waals surface area contributed by atoms with Crippen molar-refractivity contribution in [3.63, 3.8) is 0 Å². The number of amides is 1. The van der Waals surface area contributed by atoms with Crippen LogP contribution in [0.1, 0.15) is 31.2 Å². The van der Waals surface area contributed by atoms with E-state index in [1.807, 2.05) is 0 Å². The number of para-hydroxylation sites is 1. The van der Waals surface area contributed by atoms with Gasteiger partial charge in [0.1, 0.15) is 11.8 Å². The van der Waals surface area contributed by atoms with Crippen LogP contribution in [0.3, 0.4) is 0 Å². The number of hydrazone groups is 1. The Morgan fingerprint density at radius 1 is 1.27 bits per heavy atom. The number of rotatable bonds is 7. The van der Waals surface area contributed by atoms with Gasteiger partial charge in [-0.1, -0.05) is 18.6 Å². The molecule has 0 bridgehead atoms. The highest BCUT2D eigenvalue weighted by atomic mass is 16.3. The third-order valence-corrected chi connectivity index (χ3v) is 3.21. The summed E-state index contributed by atoms with van der Waals surface area (Å²) in [4.78, 5) is 23.7. The molecule has 0 saturated carbocycles. The van der Waals surface area contributed by atoms with Crippen molar-refractivity contribution < 1.29 is 9.21 Å². The van der Waals surface area contributed by atoms with E-state index in [9.17, 15) is 9.59 Å². The van der Waals surface area contributed by atoms with Crippen LogP contribution in [0.4, 0.5) is 0 Å². The third kappa shape index (κ3) is 4.26. The molecule has 0 saturated heterocycles. The van der Waals surface area contributed by atoms with Crippen molar-refractivity contribution in [2.45, 2.75) is 25.7 Å². The van der Waals surface area contributed by atoms with Crippen LogP contribution in [0.25, 0.3) is 11.0 Å². The largest absolute Gasteiger partial charge is 0.463 e. The summed E-state index contributed by atoms with van der Waals surface area (Å²) >= 11 is 0. The summed E-state index contributed by atoms with van der Waals surface area (Å²) < 4.78 is 5.36. The van der Waals surface area contributed by atoms with E-state index in [1.54, 1.807) is 24.3 Å². The lowest BCUT2D eigenvalue weighted by Crippen LogP contribution is -2.18. The monoisotopic (exact) mass is 301 g/mol. The van der Waals surface area contributed by atoms with Crippen molar-refractivity contribution in [2.24, 2.45) is 10.8 Å². The molecule has 0 radical (unpaired) electrons. The number of hydrogen-bond donors (Lipinski definition) is 2. The molecule has 2 rings (SSSR count). The number of unbranched alkanes of at least 4 members (excludes halogenated alkanes) is 2. The molecule has 1 amide bonds. The smallest absolute Gasteiger partial charge is 0.240 e. The maximum atomic E-state index is 12.2. The van der Waals surface area contributed by atoms with Gasteiger partial charge in [-0.15, -0.1) is 0 Å². The summed E-state index contributed by atoms with van der Waals surface area (Å²) in [5.41, 5.74) is 8.42. The fourth-order valence-electron chi connectivity index (χ4n) is 2.02. The van der Waals surface area contributed by atoms with Crippen LogP contribution in [-0.2, 0) is 4.79 Å². The Morgan fingerprint density at radius 2 is 2.09 bits per heavy atom. The van der Waals surface area contributed by atoms with E-state index in [1.165, 1.54) is 12.5 Å². The number of fused-ring (bicyclic) bond motifs is 1. The van der Waals surface area contributed by atoms with Crippen molar-refractivity contribution in [3.05, 3.63) is 46.3 Å². The number of nitrogens with one attached hydrogen (secondary N) is 1. The van der Waals surface area contributed by atoms with Crippen LogP contribution in [0.5, 0.6) is 0 Å². The molecule has 0 unspecified atom stereocenters. The number of benzene rings is 1. The van der Waals surface area contributed by atoms with Gasteiger partial charge in [-0.2, -0.15) is 5.10 Å². The first-order valence-electron chi connectivity index (χ1n) is 7.25. The molecule has 1 heterocycles. The predicted octanol–water partition coefficient (Wildman–Crippen LogP) is 1.76. The van der Waals surface area contributed by atoms with Crippen LogP contribution in [0.15, 0.2) is 44.8 Å². The molecule has 6 heteroatoms. The molecule has 0 atom stereocenters. The molecular formula is C16H19N3O3. The van der Waals surface area contributed by atoms with E-state index in [-0.39, 0.29) is 11.3 Å². The Hall–Kier alpha value is -2.47. The maximum Gasteiger partial charge on any atom is 0.240 e. The van der Waals surface area contributed by atoms with E-state index in [4.69, 9.17) is 10.2 Å². The molecule has 0 aliphatic heterocycles. The fraction of sp³-hybridized carbons (Fsp3) is 0.312. The summed E-state index contributed by atoms with van der Waals surface area (Å²) in [7, 11) is 0. The highest BCUT2D eigenvalue weighted by molar-refractivity contribution is 5.87. The number of carbonyl (C=O) groups is 1. The van der Waals surface area contributed by atoms with Crippen molar-refractivity contribution >= 4 is 23.1 Å². The highest BCUT2D eigenvalue weighted by Gasteiger charge is 2.04. The number of hydrogen-bond acceptors (Lipinski definition) is 5. The minimum absolute atomic E-state index is 0.178. The zero-order valence-electron chi connectivity index (χ0n) is 12.2. The average molecular weight is 301 g/mol. The zero-order chi connectivity index (χ0) is 15.8. The van der Waals surface area contributed by atoms with E-state index >= 15 is 0 Å². The summed E-state index contributed by atoms with van der Waals surface area (Å²) in [6.07, 6.45) is 5.63. The van der Waals surface area contributed by atoms with Gasteiger partial charge >= 0.3 is 0 Å². The molecule has 0 aliphatic rings. The molecule has 0 aliphatic carbocycles. The van der Waals surface area contributed by atoms with Crippen LogP contribution < -0.4 is 16.6 Å². The van der Waals surface area contributed by atoms with Crippen LogP contribution in [-0.4, -0.2) is 18.7 Å². The average Bonchev–Trinajstić information content (AvgIpc) is 2.54. The second-order valence-corrected chi connectivity index (χ2v) is 4.91. The van der Waals surface area contributed by atoms with Gasteiger partial charge in [0.2, 0.25) is 11.3 Å². The lowest BCUT2D eigenvalue weighted by Gasteiger charge is -2.00. The van der Waals surface area contributed by atoms with Gasteiger partial charge in [0.15, 0.2) is 0 Å². The molecule has 1 aromatic carbocycles. The first kappa shape index (κ1) is 15.9. The van der Waals surface area contributed by atoms with Crippen LogP contribution in [0, 0.1) is 0 Å². The van der Waals surface area contributed by atoms with Crippen LogP contribution in [0.2, 0.25) is 0 Å². The molecule has 0 spiro atoms. The maximum absolute atomic E-state index is 12.2. The zero-order valence-corrected chi connectivity index (χ0v) is 12.2. The second kappa shape index (κ2) is 8.09. The molecule has 0 fully saturated rings. The van der Waals surface area contributed by atoms with E-state index in [2.05, 4.69) is 10.5 Å². The van der Waals surface area contributed by atoms with E-state index in [0.717, 1.165) is 19.3 Å². The normalized spacial score (nSPS) is 11.1. The summed E-state index contributed by atoms with van der Waals surface area (Å²) in [6.45, 7) is 0.636. The van der Waals surface area contributed by atoms with Gasteiger partial charge in [0.25, 0.3) is 0 Å². The minimum Gasteiger partial charge on any atom is -0.463 e.